The van der Waals surface area contributed by atoms with Crippen molar-refractivity contribution in [1.82, 2.24) is 9.62 Å². The molecule has 1 N–H and O–H groups in total. The Morgan fingerprint density at radius 1 is 1.50 bits per heavy atom. The predicted molar refractivity (Wildman–Crippen MR) is 59.5 cm³/mol. The van der Waals surface area contributed by atoms with Gasteiger partial charge in [0.1, 0.15) is 0 Å². The zero-order valence-corrected chi connectivity index (χ0v) is 10.4. The quantitative estimate of drug-likeness (QED) is 0.623. The van der Waals surface area contributed by atoms with Crippen LogP contribution in [0.3, 0.4) is 0 Å². The second-order valence-electron chi connectivity index (χ2n) is 3.82. The standard InChI is InChI=1S/C9H18N2O4S/c1-11(8-6-10-7-8)16(13,14)5-3-4-9(12)15-2/h8,10H,3-7H2,1-2H3. The Bertz CT molecular complexity index is 337. The van der Waals surface area contributed by atoms with E-state index in [4.69, 9.17) is 0 Å². The lowest BCUT2D eigenvalue weighted by atomic mass is 10.2. The first-order chi connectivity index (χ1) is 7.47. The van der Waals surface area contributed by atoms with Crippen molar-refractivity contribution in [2.45, 2.75) is 18.9 Å². The van der Waals surface area contributed by atoms with Crippen LogP contribution in [0.4, 0.5) is 0 Å². The van der Waals surface area contributed by atoms with E-state index >= 15 is 0 Å². The van der Waals surface area contributed by atoms with Gasteiger partial charge in [-0.2, -0.15) is 4.31 Å². The van der Waals surface area contributed by atoms with Gasteiger partial charge in [-0.15, -0.1) is 0 Å². The minimum Gasteiger partial charge on any atom is -0.469 e. The van der Waals surface area contributed by atoms with E-state index in [1.807, 2.05) is 0 Å². The molecule has 0 bridgehead atoms. The molecule has 0 spiro atoms. The maximum atomic E-state index is 11.8. The maximum Gasteiger partial charge on any atom is 0.305 e. The summed E-state index contributed by atoms with van der Waals surface area (Å²) in [5.74, 6) is -0.377. The van der Waals surface area contributed by atoms with Gasteiger partial charge in [-0.05, 0) is 6.42 Å². The molecule has 16 heavy (non-hydrogen) atoms. The zero-order chi connectivity index (χ0) is 12.2. The molecule has 0 atom stereocenters. The largest absolute Gasteiger partial charge is 0.469 e. The lowest BCUT2D eigenvalue weighted by Gasteiger charge is -2.34. The fourth-order valence-corrected chi connectivity index (χ4v) is 2.80. The third-order valence-corrected chi connectivity index (χ3v) is 4.70. The Hall–Kier alpha value is -0.660. The molecule has 94 valence electrons. The molecule has 1 rings (SSSR count). The number of sulfonamides is 1. The first kappa shape index (κ1) is 13.4. The number of likely N-dealkylation sites (N-methyl/N-ethyl adjacent to an activating group) is 1. The summed E-state index contributed by atoms with van der Waals surface area (Å²) in [6.45, 7) is 1.40. The van der Waals surface area contributed by atoms with Crippen LogP contribution in [0.25, 0.3) is 0 Å². The average Bonchev–Trinajstić information content (AvgIpc) is 2.14. The zero-order valence-electron chi connectivity index (χ0n) is 9.60. The molecule has 1 fully saturated rings. The molecule has 0 aromatic rings. The molecule has 0 aliphatic carbocycles. The fraction of sp³-hybridized carbons (Fsp3) is 0.889. The number of methoxy groups -OCH3 is 1. The molecule has 1 saturated heterocycles. The van der Waals surface area contributed by atoms with E-state index < -0.39 is 10.0 Å². The summed E-state index contributed by atoms with van der Waals surface area (Å²) >= 11 is 0. The van der Waals surface area contributed by atoms with Crippen LogP contribution in [0, 0.1) is 0 Å². The maximum absolute atomic E-state index is 11.8. The Balaban J connectivity index is 2.36. The number of nitrogens with zero attached hydrogens (tertiary/aromatic N) is 1. The van der Waals surface area contributed by atoms with Gasteiger partial charge in [-0.1, -0.05) is 0 Å². The van der Waals surface area contributed by atoms with Gasteiger partial charge in [-0.3, -0.25) is 4.79 Å². The summed E-state index contributed by atoms with van der Waals surface area (Å²) in [6.07, 6.45) is 0.450. The second-order valence-corrected chi connectivity index (χ2v) is 5.97. The van der Waals surface area contributed by atoms with Crippen LogP contribution in [0.15, 0.2) is 0 Å². The Morgan fingerprint density at radius 3 is 2.56 bits per heavy atom. The first-order valence-electron chi connectivity index (χ1n) is 5.20. The van der Waals surface area contributed by atoms with Gasteiger partial charge in [0, 0.05) is 32.6 Å². The Kier molecular flexibility index (Phi) is 4.69. The predicted octanol–water partition coefficient (Wildman–Crippen LogP) is -0.827. The molecule has 0 aromatic heterocycles. The highest BCUT2D eigenvalue weighted by molar-refractivity contribution is 7.89. The molecule has 1 aliphatic rings. The lowest BCUT2D eigenvalue weighted by Crippen LogP contribution is -2.57. The van der Waals surface area contributed by atoms with E-state index in [9.17, 15) is 13.2 Å². The first-order valence-corrected chi connectivity index (χ1v) is 6.81. The van der Waals surface area contributed by atoms with Gasteiger partial charge < -0.3 is 10.1 Å². The lowest BCUT2D eigenvalue weighted by molar-refractivity contribution is -0.140. The van der Waals surface area contributed by atoms with Crippen molar-refractivity contribution in [3.63, 3.8) is 0 Å². The summed E-state index contributed by atoms with van der Waals surface area (Å²) in [5, 5.41) is 3.02. The third kappa shape index (κ3) is 3.43. The molecule has 0 saturated carbocycles. The number of esters is 1. The Labute approximate surface area is 96.0 Å². The van der Waals surface area contributed by atoms with Gasteiger partial charge in [0.2, 0.25) is 10.0 Å². The molecule has 0 aromatic carbocycles. The van der Waals surface area contributed by atoms with Crippen molar-refractivity contribution in [3.05, 3.63) is 0 Å². The van der Waals surface area contributed by atoms with Crippen molar-refractivity contribution in [2.24, 2.45) is 0 Å². The molecule has 0 radical (unpaired) electrons. The van der Waals surface area contributed by atoms with E-state index in [2.05, 4.69) is 10.1 Å². The van der Waals surface area contributed by atoms with E-state index in [0.717, 1.165) is 0 Å². The minimum absolute atomic E-state index is 0.00486. The monoisotopic (exact) mass is 250 g/mol. The summed E-state index contributed by atoms with van der Waals surface area (Å²) in [6, 6.07) is 0.0585. The number of ether oxygens (including phenoxy) is 1. The molecule has 1 aliphatic heterocycles. The number of carbonyl (C=O) groups is 1. The average molecular weight is 250 g/mol. The van der Waals surface area contributed by atoms with Crippen LogP contribution in [-0.4, -0.2) is 57.7 Å². The molecule has 0 amide bonds. The Morgan fingerprint density at radius 2 is 2.12 bits per heavy atom. The fourth-order valence-electron chi connectivity index (χ4n) is 1.40. The smallest absolute Gasteiger partial charge is 0.305 e. The van der Waals surface area contributed by atoms with Crippen LogP contribution < -0.4 is 5.32 Å². The SMILES string of the molecule is COC(=O)CCCS(=O)(=O)N(C)C1CNC1. The highest BCUT2D eigenvalue weighted by Crippen LogP contribution is 2.10. The molecule has 1 heterocycles. The van der Waals surface area contributed by atoms with E-state index in [-0.39, 0.29) is 24.2 Å². The summed E-state index contributed by atoms with van der Waals surface area (Å²) in [7, 11) is -0.362. The van der Waals surface area contributed by atoms with Crippen LogP contribution >= 0.6 is 0 Å². The van der Waals surface area contributed by atoms with Crippen molar-refractivity contribution < 1.29 is 17.9 Å². The van der Waals surface area contributed by atoms with Crippen LogP contribution in [0.5, 0.6) is 0 Å². The molecule has 6 nitrogen and oxygen atoms in total. The normalized spacial score (nSPS) is 17.2. The molecule has 7 heteroatoms. The van der Waals surface area contributed by atoms with Crippen LogP contribution in [0.2, 0.25) is 0 Å². The highest BCUT2D eigenvalue weighted by Gasteiger charge is 2.29. The molecule has 0 unspecified atom stereocenters. The van der Waals surface area contributed by atoms with Gasteiger partial charge in [0.15, 0.2) is 0 Å². The van der Waals surface area contributed by atoms with E-state index in [0.29, 0.717) is 19.5 Å². The second kappa shape index (κ2) is 5.60. The number of nitrogens with one attached hydrogen (secondary N) is 1. The van der Waals surface area contributed by atoms with Crippen molar-refractivity contribution >= 4 is 16.0 Å². The van der Waals surface area contributed by atoms with Crippen molar-refractivity contribution in [2.75, 3.05) is 33.0 Å². The van der Waals surface area contributed by atoms with Crippen molar-refractivity contribution in [1.29, 1.82) is 0 Å². The summed E-state index contributed by atoms with van der Waals surface area (Å²) < 4.78 is 29.4. The van der Waals surface area contributed by atoms with E-state index in [1.54, 1.807) is 7.05 Å². The number of rotatable bonds is 6. The van der Waals surface area contributed by atoms with E-state index in [1.165, 1.54) is 11.4 Å². The number of carbonyl (C=O) groups excluding carboxylic acids is 1. The topological polar surface area (TPSA) is 75.7 Å². The van der Waals surface area contributed by atoms with Gasteiger partial charge >= 0.3 is 5.97 Å². The number of hydrogen-bond acceptors (Lipinski definition) is 5. The molecular formula is C9H18N2O4S. The summed E-state index contributed by atoms with van der Waals surface area (Å²) in [4.78, 5) is 10.8. The van der Waals surface area contributed by atoms with Crippen LogP contribution in [0.1, 0.15) is 12.8 Å². The van der Waals surface area contributed by atoms with Gasteiger partial charge in [0.05, 0.1) is 12.9 Å². The molecular weight excluding hydrogens is 232 g/mol. The van der Waals surface area contributed by atoms with Crippen molar-refractivity contribution in [3.8, 4) is 0 Å². The van der Waals surface area contributed by atoms with Gasteiger partial charge in [0.25, 0.3) is 0 Å². The third-order valence-electron chi connectivity index (χ3n) is 2.72. The highest BCUT2D eigenvalue weighted by atomic mass is 32.2. The van der Waals surface area contributed by atoms with Gasteiger partial charge in [-0.25, -0.2) is 8.42 Å². The van der Waals surface area contributed by atoms with Crippen LogP contribution in [-0.2, 0) is 19.6 Å². The number of hydrogen-bond donors (Lipinski definition) is 1. The summed E-state index contributed by atoms with van der Waals surface area (Å²) in [5.41, 5.74) is 0. The minimum atomic E-state index is -3.24.